The summed E-state index contributed by atoms with van der Waals surface area (Å²) in [5, 5.41) is -0.600. The van der Waals surface area contributed by atoms with Crippen LogP contribution in [-0.4, -0.2) is 50.4 Å². The Labute approximate surface area is 139 Å². The lowest BCUT2D eigenvalue weighted by atomic mass is 10.1. The van der Waals surface area contributed by atoms with Crippen LogP contribution < -0.4 is 4.74 Å². The molecule has 0 saturated heterocycles. The quantitative estimate of drug-likeness (QED) is 0.764. The van der Waals surface area contributed by atoms with Gasteiger partial charge in [0, 0.05) is 19.3 Å². The molecule has 0 aliphatic heterocycles. The maximum Gasteiger partial charge on any atom is 0.226 e. The number of benzene rings is 1. The lowest BCUT2D eigenvalue weighted by Gasteiger charge is -2.29. The van der Waals surface area contributed by atoms with Crippen LogP contribution >= 0.6 is 0 Å². The van der Waals surface area contributed by atoms with Crippen molar-refractivity contribution in [2.45, 2.75) is 45.4 Å². The number of carbonyl (C=O) groups is 1. The van der Waals surface area contributed by atoms with Gasteiger partial charge in [-0.25, -0.2) is 8.42 Å². The summed E-state index contributed by atoms with van der Waals surface area (Å²) in [6, 6.07) is 5.51. The third-order valence-electron chi connectivity index (χ3n) is 4.26. The summed E-state index contributed by atoms with van der Waals surface area (Å²) in [5.74, 6) is 0.640. The number of nitrogens with zero attached hydrogens (tertiary/aromatic N) is 1. The second-order valence-electron chi connectivity index (χ2n) is 6.15. The summed E-state index contributed by atoms with van der Waals surface area (Å²) in [6.07, 6.45) is 1.40. The van der Waals surface area contributed by atoms with Crippen molar-refractivity contribution in [2.75, 3.05) is 19.9 Å². The van der Waals surface area contributed by atoms with Crippen molar-refractivity contribution in [1.29, 1.82) is 0 Å². The van der Waals surface area contributed by atoms with E-state index in [1.165, 1.54) is 11.2 Å². The van der Waals surface area contributed by atoms with Crippen LogP contribution in [0.15, 0.2) is 18.2 Å². The predicted octanol–water partition coefficient (Wildman–Crippen LogP) is 2.35. The fraction of sp³-hybridized carbons (Fsp3) is 0.588. The summed E-state index contributed by atoms with van der Waals surface area (Å²) in [5.41, 5.74) is 2.19. The Morgan fingerprint density at radius 3 is 2.39 bits per heavy atom. The number of sulfone groups is 1. The lowest BCUT2D eigenvalue weighted by Crippen LogP contribution is -2.44. The lowest BCUT2D eigenvalue weighted by molar-refractivity contribution is -0.132. The highest BCUT2D eigenvalue weighted by molar-refractivity contribution is 7.91. The zero-order valence-corrected chi connectivity index (χ0v) is 15.6. The summed E-state index contributed by atoms with van der Waals surface area (Å²) in [6.45, 7) is 7.61. The molecule has 130 valence electrons. The molecular formula is C17H27NO4S. The van der Waals surface area contributed by atoms with Crippen LogP contribution in [-0.2, 0) is 14.6 Å². The van der Waals surface area contributed by atoms with Crippen LogP contribution in [0.25, 0.3) is 0 Å². The highest BCUT2D eigenvalue weighted by atomic mass is 32.2. The van der Waals surface area contributed by atoms with Gasteiger partial charge in [0.15, 0.2) is 9.84 Å². The zero-order valence-electron chi connectivity index (χ0n) is 14.8. The summed E-state index contributed by atoms with van der Waals surface area (Å²) in [7, 11) is -1.55. The Balaban J connectivity index is 2.56. The first-order chi connectivity index (χ1) is 10.5. The van der Waals surface area contributed by atoms with Crippen molar-refractivity contribution >= 4 is 15.7 Å². The van der Waals surface area contributed by atoms with Gasteiger partial charge >= 0.3 is 0 Å². The molecule has 0 saturated carbocycles. The minimum Gasteiger partial charge on any atom is -0.493 e. The molecule has 0 radical (unpaired) electrons. The van der Waals surface area contributed by atoms with Gasteiger partial charge < -0.3 is 9.64 Å². The molecule has 23 heavy (non-hydrogen) atoms. The van der Waals surface area contributed by atoms with E-state index in [0.717, 1.165) is 16.9 Å². The van der Waals surface area contributed by atoms with E-state index < -0.39 is 15.1 Å². The molecule has 6 heteroatoms. The van der Waals surface area contributed by atoms with Gasteiger partial charge in [-0.1, -0.05) is 17.7 Å². The van der Waals surface area contributed by atoms with Gasteiger partial charge in [0.2, 0.25) is 5.91 Å². The molecule has 1 aromatic carbocycles. The van der Waals surface area contributed by atoms with Crippen molar-refractivity contribution in [1.82, 2.24) is 4.90 Å². The molecular weight excluding hydrogens is 314 g/mol. The summed E-state index contributed by atoms with van der Waals surface area (Å²) < 4.78 is 28.9. The van der Waals surface area contributed by atoms with Gasteiger partial charge in [-0.15, -0.1) is 0 Å². The number of carbonyl (C=O) groups excluding carboxylic acids is 1. The van der Waals surface area contributed by atoms with E-state index in [-0.39, 0.29) is 25.0 Å². The van der Waals surface area contributed by atoms with Gasteiger partial charge in [0.25, 0.3) is 0 Å². The first-order valence-electron chi connectivity index (χ1n) is 7.68. The van der Waals surface area contributed by atoms with E-state index in [1.54, 1.807) is 20.9 Å². The van der Waals surface area contributed by atoms with Crippen molar-refractivity contribution in [3.05, 3.63) is 29.3 Å². The number of hydrogen-bond donors (Lipinski definition) is 0. The molecule has 0 unspecified atom stereocenters. The van der Waals surface area contributed by atoms with E-state index >= 15 is 0 Å². The van der Waals surface area contributed by atoms with Crippen LogP contribution in [0.4, 0.5) is 0 Å². The first kappa shape index (κ1) is 19.5. The SMILES string of the molecule is Cc1ccc(OCCC(=O)N(C)[C@H](C)[C@H](C)S(C)(=O)=O)c(C)c1. The maximum absolute atomic E-state index is 12.2. The van der Waals surface area contributed by atoms with Gasteiger partial charge in [-0.3, -0.25) is 4.79 Å². The Bertz CT molecular complexity index is 655. The highest BCUT2D eigenvalue weighted by Crippen LogP contribution is 2.19. The molecule has 1 aromatic rings. The van der Waals surface area contributed by atoms with E-state index in [4.69, 9.17) is 4.74 Å². The van der Waals surface area contributed by atoms with Crippen LogP contribution in [0.2, 0.25) is 0 Å². The van der Waals surface area contributed by atoms with Gasteiger partial charge in [0.1, 0.15) is 5.75 Å². The summed E-state index contributed by atoms with van der Waals surface area (Å²) in [4.78, 5) is 13.7. The van der Waals surface area contributed by atoms with Crippen LogP contribution in [0.1, 0.15) is 31.4 Å². The molecule has 0 bridgehead atoms. The Morgan fingerprint density at radius 2 is 1.87 bits per heavy atom. The average molecular weight is 341 g/mol. The van der Waals surface area contributed by atoms with Crippen molar-refractivity contribution in [3.8, 4) is 5.75 Å². The second kappa shape index (κ2) is 7.81. The second-order valence-corrected chi connectivity index (χ2v) is 8.55. The number of aryl methyl sites for hydroxylation is 2. The molecule has 0 N–H and O–H groups in total. The first-order valence-corrected chi connectivity index (χ1v) is 9.64. The minimum atomic E-state index is -3.18. The molecule has 1 rings (SSSR count). The molecule has 1 amide bonds. The largest absolute Gasteiger partial charge is 0.493 e. The zero-order chi connectivity index (χ0) is 17.8. The van der Waals surface area contributed by atoms with Crippen molar-refractivity contribution in [3.63, 3.8) is 0 Å². The number of ether oxygens (including phenoxy) is 1. The molecule has 0 aliphatic rings. The molecule has 0 spiro atoms. The normalized spacial score (nSPS) is 14.2. The Kier molecular flexibility index (Phi) is 6.62. The van der Waals surface area contributed by atoms with Gasteiger partial charge in [0.05, 0.1) is 18.3 Å². The highest BCUT2D eigenvalue weighted by Gasteiger charge is 2.27. The predicted molar refractivity (Wildman–Crippen MR) is 92.6 cm³/mol. The van der Waals surface area contributed by atoms with Gasteiger partial charge in [-0.05, 0) is 39.3 Å². The maximum atomic E-state index is 12.2. The monoisotopic (exact) mass is 341 g/mol. The molecule has 5 nitrogen and oxygen atoms in total. The minimum absolute atomic E-state index is 0.127. The van der Waals surface area contributed by atoms with E-state index in [2.05, 4.69) is 0 Å². The summed E-state index contributed by atoms with van der Waals surface area (Å²) >= 11 is 0. The van der Waals surface area contributed by atoms with Crippen LogP contribution in [0, 0.1) is 13.8 Å². The number of rotatable bonds is 7. The van der Waals surface area contributed by atoms with E-state index in [9.17, 15) is 13.2 Å². The topological polar surface area (TPSA) is 63.7 Å². The average Bonchev–Trinajstić information content (AvgIpc) is 2.46. The molecule has 0 aliphatic carbocycles. The van der Waals surface area contributed by atoms with E-state index in [0.29, 0.717) is 0 Å². The van der Waals surface area contributed by atoms with Crippen molar-refractivity contribution < 1.29 is 17.9 Å². The van der Waals surface area contributed by atoms with E-state index in [1.807, 2.05) is 32.0 Å². The number of hydrogen-bond acceptors (Lipinski definition) is 4. The molecule has 0 aromatic heterocycles. The number of amides is 1. The van der Waals surface area contributed by atoms with Gasteiger partial charge in [-0.2, -0.15) is 0 Å². The Hall–Kier alpha value is -1.56. The fourth-order valence-corrected chi connectivity index (χ4v) is 3.18. The smallest absolute Gasteiger partial charge is 0.226 e. The third kappa shape index (κ3) is 5.53. The molecule has 0 heterocycles. The Morgan fingerprint density at radius 1 is 1.26 bits per heavy atom. The third-order valence-corrected chi connectivity index (χ3v) is 6.01. The van der Waals surface area contributed by atoms with Crippen molar-refractivity contribution in [2.24, 2.45) is 0 Å². The fourth-order valence-electron chi connectivity index (χ4n) is 2.29. The molecule has 2 atom stereocenters. The van der Waals surface area contributed by atoms with Crippen LogP contribution in [0.3, 0.4) is 0 Å². The standard InChI is InChI=1S/C17H27NO4S/c1-12-7-8-16(13(2)11-12)22-10-9-17(19)18(5)14(3)15(4)23(6,20)21/h7-8,11,14-15H,9-10H2,1-6H3/t14-,15+/m1/s1. The molecule has 0 fully saturated rings. The van der Waals surface area contributed by atoms with Crippen LogP contribution in [0.5, 0.6) is 5.75 Å².